The fourth-order valence-corrected chi connectivity index (χ4v) is 1.17. The van der Waals surface area contributed by atoms with Gasteiger partial charge in [-0.05, 0) is 17.7 Å². The maximum atomic E-state index is 13.1. The van der Waals surface area contributed by atoms with Crippen LogP contribution in [-0.4, -0.2) is 11.7 Å². The first-order valence-electron chi connectivity index (χ1n) is 4.09. The molecule has 0 heterocycles. The van der Waals surface area contributed by atoms with Gasteiger partial charge in [0.05, 0.1) is 6.04 Å². The smallest absolute Gasteiger partial charge is 0.403 e. The second-order valence-electron chi connectivity index (χ2n) is 2.90. The van der Waals surface area contributed by atoms with E-state index in [0.29, 0.717) is 0 Å². The molecule has 0 radical (unpaired) electrons. The van der Waals surface area contributed by atoms with E-state index in [1.807, 2.05) is 0 Å². The molecule has 2 nitrogen and oxygen atoms in total. The van der Waals surface area contributed by atoms with Crippen molar-refractivity contribution in [3.8, 4) is 5.75 Å². The summed E-state index contributed by atoms with van der Waals surface area (Å²) in [6, 6.07) is 2.23. The Balaban J connectivity index is 2.96. The highest BCUT2D eigenvalue weighted by atomic mass is 32.1. The van der Waals surface area contributed by atoms with Crippen LogP contribution in [-0.2, 0) is 0 Å². The van der Waals surface area contributed by atoms with Gasteiger partial charge in [-0.2, -0.15) is 0 Å². The highest BCUT2D eigenvalue weighted by Crippen LogP contribution is 2.26. The molecule has 0 saturated heterocycles. The quantitative estimate of drug-likeness (QED) is 0.664. The Labute approximate surface area is 94.0 Å². The van der Waals surface area contributed by atoms with Gasteiger partial charge in [-0.15, -0.1) is 13.2 Å². The minimum absolute atomic E-state index is 0.280. The topological polar surface area (TPSA) is 35.2 Å². The maximum Gasteiger partial charge on any atom is 0.573 e. The lowest BCUT2D eigenvalue weighted by molar-refractivity contribution is -0.275. The predicted molar refractivity (Wildman–Crippen MR) is 53.7 cm³/mol. The standard InChI is InChI=1S/C9H7F4NOS/c10-6-3-5(7(14)4-16)1-2-8(6)15-9(11,12)13/h1-4,7H,14H2. The van der Waals surface area contributed by atoms with Crippen LogP contribution in [0.4, 0.5) is 17.6 Å². The summed E-state index contributed by atoms with van der Waals surface area (Å²) < 4.78 is 52.0. The van der Waals surface area contributed by atoms with Crippen LogP contribution in [0.1, 0.15) is 11.6 Å². The third-order valence-corrected chi connectivity index (χ3v) is 2.01. The molecule has 0 bridgehead atoms. The number of alkyl halides is 3. The molecule has 1 unspecified atom stereocenters. The van der Waals surface area contributed by atoms with E-state index in [4.69, 9.17) is 5.73 Å². The molecule has 0 amide bonds. The Bertz CT molecular complexity index is 394. The van der Waals surface area contributed by atoms with Gasteiger partial charge in [0, 0.05) is 5.37 Å². The van der Waals surface area contributed by atoms with Gasteiger partial charge in [0.25, 0.3) is 0 Å². The van der Waals surface area contributed by atoms with Crippen LogP contribution in [0.3, 0.4) is 0 Å². The summed E-state index contributed by atoms with van der Waals surface area (Å²) in [4.78, 5) is 0. The maximum absolute atomic E-state index is 13.1. The molecule has 0 aliphatic carbocycles. The number of ether oxygens (including phenoxy) is 1. The third-order valence-electron chi connectivity index (χ3n) is 1.71. The minimum Gasteiger partial charge on any atom is -0.403 e. The second kappa shape index (κ2) is 4.75. The monoisotopic (exact) mass is 253 g/mol. The van der Waals surface area contributed by atoms with Gasteiger partial charge >= 0.3 is 6.36 Å². The number of hydrogen-bond donors (Lipinski definition) is 1. The molecule has 0 aliphatic rings. The van der Waals surface area contributed by atoms with Crippen molar-refractivity contribution < 1.29 is 22.3 Å². The molecule has 1 rings (SSSR count). The molecule has 0 fully saturated rings. The van der Waals surface area contributed by atoms with Crippen molar-refractivity contribution in [1.29, 1.82) is 0 Å². The highest BCUT2D eigenvalue weighted by Gasteiger charge is 2.32. The number of thiocarbonyl (C=S) groups is 1. The molecule has 7 heteroatoms. The molecule has 16 heavy (non-hydrogen) atoms. The Kier molecular flexibility index (Phi) is 3.82. The minimum atomic E-state index is -4.92. The molecule has 1 aromatic carbocycles. The van der Waals surface area contributed by atoms with Crippen molar-refractivity contribution in [2.24, 2.45) is 5.73 Å². The summed E-state index contributed by atoms with van der Waals surface area (Å²) in [6.07, 6.45) is -4.92. The molecule has 1 aromatic rings. The van der Waals surface area contributed by atoms with Crippen molar-refractivity contribution in [3.63, 3.8) is 0 Å². The highest BCUT2D eigenvalue weighted by molar-refractivity contribution is 7.79. The first-order chi connectivity index (χ1) is 7.33. The van der Waals surface area contributed by atoms with Crippen LogP contribution < -0.4 is 10.5 Å². The second-order valence-corrected chi connectivity index (χ2v) is 3.17. The third kappa shape index (κ3) is 3.42. The molecule has 88 valence electrons. The molecule has 1 atom stereocenters. The first kappa shape index (κ1) is 12.9. The number of benzene rings is 1. The summed E-state index contributed by atoms with van der Waals surface area (Å²) in [7, 11) is 0. The average molecular weight is 253 g/mol. The summed E-state index contributed by atoms with van der Waals surface area (Å²) in [5.41, 5.74) is 5.73. The molecular formula is C9H7F4NOS. The molecule has 0 aromatic heterocycles. The van der Waals surface area contributed by atoms with Crippen LogP contribution in [0.15, 0.2) is 18.2 Å². The number of nitrogens with two attached hydrogens (primary N) is 1. The number of rotatable bonds is 3. The van der Waals surface area contributed by atoms with Gasteiger partial charge in [-0.1, -0.05) is 18.3 Å². The Morgan fingerprint density at radius 3 is 2.44 bits per heavy atom. The van der Waals surface area contributed by atoms with Gasteiger partial charge in [0.15, 0.2) is 11.6 Å². The molecule has 0 aliphatic heterocycles. The zero-order valence-electron chi connectivity index (χ0n) is 7.79. The fraction of sp³-hybridized carbons (Fsp3) is 0.222. The van der Waals surface area contributed by atoms with E-state index in [1.165, 1.54) is 11.4 Å². The van der Waals surface area contributed by atoms with Crippen molar-refractivity contribution in [2.45, 2.75) is 12.4 Å². The summed E-state index contributed by atoms with van der Waals surface area (Å²) in [6.45, 7) is 0. The number of halogens is 4. The molecule has 0 spiro atoms. The van der Waals surface area contributed by atoms with Crippen LogP contribution in [0.25, 0.3) is 0 Å². The van der Waals surface area contributed by atoms with Gasteiger partial charge < -0.3 is 10.5 Å². The van der Waals surface area contributed by atoms with Crippen molar-refractivity contribution in [3.05, 3.63) is 29.6 Å². The van der Waals surface area contributed by atoms with Gasteiger partial charge in [-0.25, -0.2) is 4.39 Å². The normalized spacial score (nSPS) is 13.3. The van der Waals surface area contributed by atoms with Crippen LogP contribution in [0.2, 0.25) is 0 Å². The first-order valence-corrected chi connectivity index (χ1v) is 4.56. The van der Waals surface area contributed by atoms with E-state index in [9.17, 15) is 17.6 Å². The number of hydrogen-bond acceptors (Lipinski definition) is 3. The van der Waals surface area contributed by atoms with Gasteiger partial charge in [0.2, 0.25) is 0 Å². The van der Waals surface area contributed by atoms with E-state index in [1.54, 1.807) is 0 Å². The molecular weight excluding hydrogens is 246 g/mol. The van der Waals surface area contributed by atoms with E-state index < -0.39 is 24.0 Å². The van der Waals surface area contributed by atoms with E-state index in [-0.39, 0.29) is 5.56 Å². The zero-order chi connectivity index (χ0) is 12.3. The average Bonchev–Trinajstić information content (AvgIpc) is 2.18. The molecule has 0 saturated carbocycles. The lowest BCUT2D eigenvalue weighted by Gasteiger charge is -2.11. The van der Waals surface area contributed by atoms with Gasteiger partial charge in [0.1, 0.15) is 0 Å². The zero-order valence-corrected chi connectivity index (χ0v) is 8.61. The van der Waals surface area contributed by atoms with Crippen molar-refractivity contribution in [2.75, 3.05) is 0 Å². The van der Waals surface area contributed by atoms with Crippen molar-refractivity contribution >= 4 is 17.6 Å². The van der Waals surface area contributed by atoms with Gasteiger partial charge in [-0.3, -0.25) is 0 Å². The Hall–Kier alpha value is -1.21. The van der Waals surface area contributed by atoms with Crippen LogP contribution in [0, 0.1) is 5.82 Å². The Morgan fingerprint density at radius 2 is 2.00 bits per heavy atom. The van der Waals surface area contributed by atoms with E-state index in [2.05, 4.69) is 17.0 Å². The van der Waals surface area contributed by atoms with Crippen LogP contribution in [0.5, 0.6) is 5.75 Å². The lowest BCUT2D eigenvalue weighted by atomic mass is 10.1. The Morgan fingerprint density at radius 1 is 1.38 bits per heavy atom. The predicted octanol–water partition coefficient (Wildman–Crippen LogP) is 2.72. The van der Waals surface area contributed by atoms with Crippen molar-refractivity contribution in [1.82, 2.24) is 0 Å². The fourth-order valence-electron chi connectivity index (χ4n) is 1.01. The lowest BCUT2D eigenvalue weighted by Crippen LogP contribution is -2.18. The summed E-state index contributed by atoms with van der Waals surface area (Å²) in [5, 5.41) is 1.18. The SMILES string of the molecule is NC(C=S)c1ccc(OC(F)(F)F)c(F)c1. The van der Waals surface area contributed by atoms with E-state index in [0.717, 1.165) is 12.1 Å². The summed E-state index contributed by atoms with van der Waals surface area (Å²) >= 11 is 4.54. The van der Waals surface area contributed by atoms with E-state index >= 15 is 0 Å². The largest absolute Gasteiger partial charge is 0.573 e. The molecule has 2 N–H and O–H groups in total. The summed E-state index contributed by atoms with van der Waals surface area (Å²) in [5.74, 6) is -2.03. The van der Waals surface area contributed by atoms with Crippen LogP contribution >= 0.6 is 12.2 Å².